The van der Waals surface area contributed by atoms with Gasteiger partial charge in [-0.1, -0.05) is 12.1 Å². The molecule has 0 fully saturated rings. The lowest BCUT2D eigenvalue weighted by Gasteiger charge is -2.15. The number of rotatable bonds is 4. The zero-order valence-corrected chi connectivity index (χ0v) is 8.59. The maximum atomic E-state index is 12.6. The second-order valence-corrected chi connectivity index (χ2v) is 3.28. The first-order valence-electron chi connectivity index (χ1n) is 4.64. The van der Waals surface area contributed by atoms with Gasteiger partial charge in [0.15, 0.2) is 0 Å². The fourth-order valence-corrected chi connectivity index (χ4v) is 1.09. The minimum absolute atomic E-state index is 0.00160. The van der Waals surface area contributed by atoms with Crippen LogP contribution in [0.15, 0.2) is 24.3 Å². The quantitative estimate of drug-likeness (QED) is 0.803. The normalized spacial score (nSPS) is 11.6. The average molecular weight is 250 g/mol. The van der Waals surface area contributed by atoms with Gasteiger partial charge in [-0.25, -0.2) is 8.78 Å². The van der Waals surface area contributed by atoms with Crippen molar-refractivity contribution in [3.05, 3.63) is 29.8 Å². The molecule has 3 N–H and O–H groups in total. The van der Waals surface area contributed by atoms with Gasteiger partial charge in [-0.05, 0) is 17.7 Å². The molecule has 1 amide bonds. The summed E-state index contributed by atoms with van der Waals surface area (Å²) in [5, 5.41) is 1.71. The van der Waals surface area contributed by atoms with E-state index in [9.17, 15) is 22.4 Å². The van der Waals surface area contributed by atoms with E-state index in [0.717, 1.165) is 0 Å². The maximum Gasteiger partial charge on any atom is 0.383 e. The number of hydrogen-bond donors (Lipinski definition) is 2. The summed E-state index contributed by atoms with van der Waals surface area (Å²) in [4.78, 5) is 10.9. The molecule has 0 bridgehead atoms. The van der Waals surface area contributed by atoms with Crippen LogP contribution in [-0.4, -0.2) is 18.3 Å². The molecule has 0 saturated carbocycles. The Hall–Kier alpha value is -1.63. The Morgan fingerprint density at radius 2 is 2.06 bits per heavy atom. The molecule has 94 valence electrons. The number of alkyl halides is 4. The van der Waals surface area contributed by atoms with Crippen molar-refractivity contribution >= 4 is 11.6 Å². The second kappa shape index (κ2) is 5.13. The van der Waals surface area contributed by atoms with Crippen molar-refractivity contribution in [2.45, 2.75) is 18.9 Å². The van der Waals surface area contributed by atoms with Gasteiger partial charge in [0.25, 0.3) is 0 Å². The van der Waals surface area contributed by atoms with Crippen LogP contribution in [-0.2, 0) is 11.3 Å². The van der Waals surface area contributed by atoms with Crippen molar-refractivity contribution in [3.63, 3.8) is 0 Å². The molecule has 0 atom stereocenters. The van der Waals surface area contributed by atoms with Crippen molar-refractivity contribution in [1.82, 2.24) is 0 Å². The number of benzene rings is 1. The van der Waals surface area contributed by atoms with Crippen LogP contribution >= 0.6 is 0 Å². The summed E-state index contributed by atoms with van der Waals surface area (Å²) in [5.41, 5.74) is 5.89. The van der Waals surface area contributed by atoms with Gasteiger partial charge < -0.3 is 11.1 Å². The van der Waals surface area contributed by atoms with Gasteiger partial charge >= 0.3 is 18.3 Å². The molecule has 0 aliphatic rings. The molecule has 0 spiro atoms. The molecule has 0 heterocycles. The Morgan fingerprint density at radius 1 is 1.41 bits per heavy atom. The summed E-state index contributed by atoms with van der Waals surface area (Å²) in [7, 11) is 0. The maximum absolute atomic E-state index is 12.6. The lowest BCUT2D eigenvalue weighted by Crippen LogP contribution is -2.41. The summed E-state index contributed by atoms with van der Waals surface area (Å²) >= 11 is 0. The fourth-order valence-electron chi connectivity index (χ4n) is 1.09. The molecule has 0 aromatic heterocycles. The van der Waals surface area contributed by atoms with E-state index in [-0.39, 0.29) is 12.2 Å². The molecule has 7 heteroatoms. The van der Waals surface area contributed by atoms with E-state index in [2.05, 4.69) is 0 Å². The van der Waals surface area contributed by atoms with E-state index >= 15 is 0 Å². The van der Waals surface area contributed by atoms with E-state index in [1.807, 2.05) is 0 Å². The molecule has 0 aliphatic carbocycles. The number of amides is 1. The smallest absolute Gasteiger partial charge is 0.326 e. The van der Waals surface area contributed by atoms with Gasteiger partial charge in [0.1, 0.15) is 0 Å². The largest absolute Gasteiger partial charge is 0.383 e. The van der Waals surface area contributed by atoms with E-state index < -0.39 is 18.3 Å². The third-order valence-electron chi connectivity index (χ3n) is 2.00. The Balaban J connectivity index is 2.81. The number of nitrogens with two attached hydrogens (primary N) is 1. The third kappa shape index (κ3) is 3.16. The Bertz CT molecular complexity index is 409. The number of anilines is 1. The monoisotopic (exact) mass is 250 g/mol. The van der Waals surface area contributed by atoms with Gasteiger partial charge in [0, 0.05) is 12.2 Å². The van der Waals surface area contributed by atoms with E-state index in [0.29, 0.717) is 5.56 Å². The van der Waals surface area contributed by atoms with Crippen LogP contribution in [0.25, 0.3) is 0 Å². The predicted molar refractivity (Wildman–Crippen MR) is 53.9 cm³/mol. The minimum atomic E-state index is -4.71. The molecule has 0 aliphatic heterocycles. The molecule has 1 aromatic rings. The highest BCUT2D eigenvalue weighted by Crippen LogP contribution is 2.24. The van der Waals surface area contributed by atoms with Gasteiger partial charge in [-0.3, -0.25) is 4.79 Å². The number of halogens is 4. The fraction of sp³-hybridized carbons (Fsp3) is 0.300. The van der Waals surface area contributed by atoms with Crippen molar-refractivity contribution in [2.24, 2.45) is 5.73 Å². The van der Waals surface area contributed by atoms with Crippen LogP contribution in [0.1, 0.15) is 5.56 Å². The zero-order chi connectivity index (χ0) is 13.1. The molecule has 17 heavy (non-hydrogen) atoms. The molecule has 1 rings (SSSR count). The standard InChI is InChI=1S/C10H10F4N2O/c11-8(12)10(13,14)9(17)16-7-3-1-2-6(4-7)5-15/h1-4,8H,5,15H2,(H,16,17). The second-order valence-electron chi connectivity index (χ2n) is 3.28. The molecular weight excluding hydrogens is 240 g/mol. The first-order valence-corrected chi connectivity index (χ1v) is 4.64. The van der Waals surface area contributed by atoms with Crippen molar-refractivity contribution in [2.75, 3.05) is 5.32 Å². The molecular formula is C10H10F4N2O. The van der Waals surface area contributed by atoms with Crippen molar-refractivity contribution in [3.8, 4) is 0 Å². The summed E-state index contributed by atoms with van der Waals surface area (Å²) in [6, 6.07) is 5.72. The zero-order valence-electron chi connectivity index (χ0n) is 8.59. The number of carbonyl (C=O) groups excluding carboxylic acids is 1. The first-order chi connectivity index (χ1) is 7.87. The van der Waals surface area contributed by atoms with Gasteiger partial charge in [0.05, 0.1) is 0 Å². The van der Waals surface area contributed by atoms with Gasteiger partial charge in [-0.2, -0.15) is 8.78 Å². The Morgan fingerprint density at radius 3 is 2.59 bits per heavy atom. The van der Waals surface area contributed by atoms with Crippen LogP contribution < -0.4 is 11.1 Å². The van der Waals surface area contributed by atoms with Crippen LogP contribution in [0.5, 0.6) is 0 Å². The highest BCUT2D eigenvalue weighted by molar-refractivity contribution is 5.96. The topological polar surface area (TPSA) is 55.1 Å². The molecule has 0 radical (unpaired) electrons. The van der Waals surface area contributed by atoms with Crippen molar-refractivity contribution in [1.29, 1.82) is 0 Å². The van der Waals surface area contributed by atoms with Crippen molar-refractivity contribution < 1.29 is 22.4 Å². The minimum Gasteiger partial charge on any atom is -0.326 e. The Labute approximate surface area is 94.6 Å². The summed E-state index contributed by atoms with van der Waals surface area (Å²) in [6.45, 7) is 0.148. The Kier molecular flexibility index (Phi) is 4.06. The van der Waals surface area contributed by atoms with Crippen LogP contribution in [0.3, 0.4) is 0 Å². The molecule has 0 unspecified atom stereocenters. The number of hydrogen-bond acceptors (Lipinski definition) is 2. The molecule has 3 nitrogen and oxygen atoms in total. The lowest BCUT2D eigenvalue weighted by molar-refractivity contribution is -0.163. The van der Waals surface area contributed by atoms with E-state index in [1.165, 1.54) is 18.2 Å². The highest BCUT2D eigenvalue weighted by atomic mass is 19.3. The van der Waals surface area contributed by atoms with E-state index in [4.69, 9.17) is 5.73 Å². The SMILES string of the molecule is NCc1cccc(NC(=O)C(F)(F)C(F)F)c1. The van der Waals surface area contributed by atoms with Gasteiger partial charge in [-0.15, -0.1) is 0 Å². The highest BCUT2D eigenvalue weighted by Gasteiger charge is 2.48. The first kappa shape index (κ1) is 13.4. The summed E-state index contributed by atoms with van der Waals surface area (Å²) in [6.07, 6.45) is -4.04. The summed E-state index contributed by atoms with van der Waals surface area (Å²) < 4.78 is 49.0. The molecule has 0 saturated heterocycles. The molecule has 1 aromatic carbocycles. The average Bonchev–Trinajstić information content (AvgIpc) is 2.29. The number of carbonyl (C=O) groups is 1. The van der Waals surface area contributed by atoms with E-state index in [1.54, 1.807) is 11.4 Å². The number of nitrogens with one attached hydrogen (secondary N) is 1. The van der Waals surface area contributed by atoms with Crippen LogP contribution in [0.4, 0.5) is 23.2 Å². The third-order valence-corrected chi connectivity index (χ3v) is 2.00. The summed E-state index contributed by atoms with van der Waals surface area (Å²) in [5.74, 6) is -6.75. The van der Waals surface area contributed by atoms with Crippen LogP contribution in [0, 0.1) is 0 Å². The van der Waals surface area contributed by atoms with Crippen LogP contribution in [0.2, 0.25) is 0 Å². The lowest BCUT2D eigenvalue weighted by atomic mass is 10.2. The predicted octanol–water partition coefficient (Wildman–Crippen LogP) is 1.98. The van der Waals surface area contributed by atoms with Gasteiger partial charge in [0.2, 0.25) is 0 Å².